The molecule has 0 saturated carbocycles. The molecule has 25 heavy (non-hydrogen) atoms. The number of carbonyl (C=O) groups excluding carboxylic acids is 1. The molecule has 1 amide bonds. The Hall–Kier alpha value is -2.69. The summed E-state index contributed by atoms with van der Waals surface area (Å²) >= 11 is 1.16. The van der Waals surface area contributed by atoms with Gasteiger partial charge in [0, 0.05) is 17.7 Å². The Kier molecular flexibility index (Phi) is 6.28. The van der Waals surface area contributed by atoms with Crippen molar-refractivity contribution >= 4 is 28.5 Å². The van der Waals surface area contributed by atoms with Crippen LogP contribution in [-0.2, 0) is 4.79 Å². The lowest BCUT2D eigenvalue weighted by Gasteiger charge is -2.11. The quantitative estimate of drug-likeness (QED) is 0.588. The number of aromatic nitrogens is 2. The minimum atomic E-state index is -3.17. The molecule has 0 aliphatic carbocycles. The lowest BCUT2D eigenvalue weighted by molar-refractivity contribution is -0.111. The number of amides is 1. The van der Waals surface area contributed by atoms with Gasteiger partial charge in [-0.1, -0.05) is 11.3 Å². The first kappa shape index (κ1) is 18.6. The molecule has 1 aromatic carbocycles. The van der Waals surface area contributed by atoms with Crippen LogP contribution in [0.5, 0.6) is 11.5 Å². The lowest BCUT2D eigenvalue weighted by Crippen LogP contribution is -2.08. The van der Waals surface area contributed by atoms with Crippen molar-refractivity contribution in [2.45, 2.75) is 20.1 Å². The molecule has 11 heteroatoms. The second-order valence-corrected chi connectivity index (χ2v) is 5.59. The zero-order valence-electron chi connectivity index (χ0n) is 12.6. The number of hydrogen-bond donors (Lipinski definition) is 1. The zero-order valence-corrected chi connectivity index (χ0v) is 13.4. The van der Waals surface area contributed by atoms with Gasteiger partial charge in [0.2, 0.25) is 11.0 Å². The summed E-state index contributed by atoms with van der Waals surface area (Å²) in [5.41, 5.74) is 0.0745. The van der Waals surface area contributed by atoms with Crippen LogP contribution in [0.15, 0.2) is 24.3 Å². The summed E-state index contributed by atoms with van der Waals surface area (Å²) < 4.78 is 57.7. The summed E-state index contributed by atoms with van der Waals surface area (Å²) in [6, 6.07) is 3.22. The van der Waals surface area contributed by atoms with Gasteiger partial charge in [0.1, 0.15) is 16.5 Å². The van der Waals surface area contributed by atoms with Crippen molar-refractivity contribution in [2.75, 3.05) is 5.32 Å². The maximum atomic E-state index is 12.5. The number of benzene rings is 1. The fourth-order valence-electron chi connectivity index (χ4n) is 1.69. The molecular weight excluding hydrogens is 366 g/mol. The Morgan fingerprint density at radius 2 is 1.92 bits per heavy atom. The predicted octanol–water partition coefficient (Wildman–Crippen LogP) is 3.70. The highest BCUT2D eigenvalue weighted by atomic mass is 32.1. The van der Waals surface area contributed by atoms with E-state index >= 15 is 0 Å². The Morgan fingerprint density at radius 3 is 2.52 bits per heavy atom. The molecule has 0 saturated heterocycles. The number of anilines is 1. The maximum Gasteiger partial charge on any atom is 0.387 e. The van der Waals surface area contributed by atoms with E-state index in [0.29, 0.717) is 5.01 Å². The van der Waals surface area contributed by atoms with Crippen molar-refractivity contribution < 1.29 is 31.8 Å². The van der Waals surface area contributed by atoms with Crippen LogP contribution in [0.2, 0.25) is 0 Å². The molecule has 0 atom stereocenters. The molecule has 0 aliphatic heterocycles. The highest BCUT2D eigenvalue weighted by Gasteiger charge is 2.12. The average molecular weight is 377 g/mol. The lowest BCUT2D eigenvalue weighted by atomic mass is 10.1. The van der Waals surface area contributed by atoms with Gasteiger partial charge < -0.3 is 9.47 Å². The molecule has 2 rings (SSSR count). The average Bonchev–Trinajstić information content (AvgIpc) is 2.90. The van der Waals surface area contributed by atoms with Crippen molar-refractivity contribution in [3.05, 3.63) is 34.8 Å². The molecule has 1 heterocycles. The standard InChI is InChI=1S/C14H11F4N3O3S/c1-7-20-21-14(25-7)19-11(22)5-3-8-2-4-9(23-12(15)16)6-10(8)24-13(17)18/h2-6,12-13H,1H3,(H,19,21,22)/b5-3+. The van der Waals surface area contributed by atoms with Crippen LogP contribution in [0.1, 0.15) is 10.6 Å². The molecule has 6 nitrogen and oxygen atoms in total. The van der Waals surface area contributed by atoms with E-state index in [4.69, 9.17) is 0 Å². The van der Waals surface area contributed by atoms with Crippen molar-refractivity contribution in [1.82, 2.24) is 10.2 Å². The summed E-state index contributed by atoms with van der Waals surface area (Å²) in [5, 5.41) is 10.8. The van der Waals surface area contributed by atoms with Crippen LogP contribution in [0.4, 0.5) is 22.7 Å². The molecule has 0 radical (unpaired) electrons. The fraction of sp³-hybridized carbons (Fsp3) is 0.214. The number of aryl methyl sites for hydroxylation is 1. The van der Waals surface area contributed by atoms with Gasteiger partial charge in [0.15, 0.2) is 0 Å². The molecule has 0 unspecified atom stereocenters. The Bertz CT molecular complexity index is 768. The maximum absolute atomic E-state index is 12.5. The summed E-state index contributed by atoms with van der Waals surface area (Å²) in [4.78, 5) is 11.8. The molecule has 1 aromatic heterocycles. The Morgan fingerprint density at radius 1 is 1.20 bits per heavy atom. The molecular formula is C14H11F4N3O3S. The summed E-state index contributed by atoms with van der Waals surface area (Å²) in [6.07, 6.45) is 2.24. The third kappa shape index (κ3) is 6.03. The first-order valence-electron chi connectivity index (χ1n) is 6.66. The van der Waals surface area contributed by atoms with Crippen LogP contribution in [-0.4, -0.2) is 29.3 Å². The molecule has 0 bridgehead atoms. The zero-order chi connectivity index (χ0) is 18.4. The summed E-state index contributed by atoms with van der Waals surface area (Å²) in [5.74, 6) is -1.34. The summed E-state index contributed by atoms with van der Waals surface area (Å²) in [6.45, 7) is -4.57. The van der Waals surface area contributed by atoms with Gasteiger partial charge in [-0.2, -0.15) is 17.6 Å². The smallest absolute Gasteiger partial charge is 0.387 e. The van der Waals surface area contributed by atoms with Crippen molar-refractivity contribution in [2.24, 2.45) is 0 Å². The minimum Gasteiger partial charge on any atom is -0.435 e. The van der Waals surface area contributed by atoms with Crippen molar-refractivity contribution in [3.8, 4) is 11.5 Å². The first-order chi connectivity index (χ1) is 11.8. The predicted molar refractivity (Wildman–Crippen MR) is 82.0 cm³/mol. The number of halogens is 4. The number of nitrogens with one attached hydrogen (secondary N) is 1. The highest BCUT2D eigenvalue weighted by Crippen LogP contribution is 2.28. The van der Waals surface area contributed by atoms with E-state index in [0.717, 1.165) is 29.5 Å². The van der Waals surface area contributed by atoms with Gasteiger partial charge in [-0.05, 0) is 25.1 Å². The van der Waals surface area contributed by atoms with E-state index in [9.17, 15) is 22.4 Å². The SMILES string of the molecule is Cc1nnc(NC(=O)/C=C/c2ccc(OC(F)F)cc2OC(F)F)s1. The van der Waals surface area contributed by atoms with Crippen LogP contribution >= 0.6 is 11.3 Å². The van der Waals surface area contributed by atoms with Gasteiger partial charge in [0.05, 0.1) is 0 Å². The van der Waals surface area contributed by atoms with E-state index in [1.165, 1.54) is 12.1 Å². The summed E-state index contributed by atoms with van der Waals surface area (Å²) in [7, 11) is 0. The number of carbonyl (C=O) groups is 1. The number of rotatable bonds is 7. The van der Waals surface area contributed by atoms with E-state index < -0.39 is 24.9 Å². The van der Waals surface area contributed by atoms with Crippen LogP contribution in [0.25, 0.3) is 6.08 Å². The number of ether oxygens (including phenoxy) is 2. The second kappa shape index (κ2) is 8.42. The first-order valence-corrected chi connectivity index (χ1v) is 7.48. The van der Waals surface area contributed by atoms with Gasteiger partial charge in [0.25, 0.3) is 0 Å². The number of hydrogen-bond acceptors (Lipinski definition) is 6. The van der Waals surface area contributed by atoms with Crippen LogP contribution < -0.4 is 14.8 Å². The van der Waals surface area contributed by atoms with Crippen molar-refractivity contribution in [3.63, 3.8) is 0 Å². The van der Waals surface area contributed by atoms with E-state index in [-0.39, 0.29) is 16.4 Å². The normalized spacial score (nSPS) is 11.3. The second-order valence-electron chi connectivity index (χ2n) is 4.41. The molecule has 2 aromatic rings. The van der Waals surface area contributed by atoms with Gasteiger partial charge >= 0.3 is 13.2 Å². The topological polar surface area (TPSA) is 73.3 Å². The monoisotopic (exact) mass is 377 g/mol. The largest absolute Gasteiger partial charge is 0.435 e. The van der Waals surface area contributed by atoms with Gasteiger partial charge in [-0.3, -0.25) is 10.1 Å². The Labute approximate surface area is 143 Å². The molecule has 1 N–H and O–H groups in total. The fourth-order valence-corrected chi connectivity index (χ4v) is 2.28. The molecule has 0 aliphatic rings. The van der Waals surface area contributed by atoms with Gasteiger partial charge in [-0.15, -0.1) is 10.2 Å². The third-order valence-electron chi connectivity index (χ3n) is 2.60. The minimum absolute atomic E-state index is 0.0745. The molecule has 134 valence electrons. The number of alkyl halides is 4. The Balaban J connectivity index is 2.14. The van der Waals surface area contributed by atoms with Gasteiger partial charge in [-0.25, -0.2) is 0 Å². The van der Waals surface area contributed by atoms with E-state index in [2.05, 4.69) is 25.0 Å². The number of nitrogens with zero attached hydrogens (tertiary/aromatic N) is 2. The molecule has 0 fully saturated rings. The molecule has 0 spiro atoms. The van der Waals surface area contributed by atoms with Crippen molar-refractivity contribution in [1.29, 1.82) is 0 Å². The van der Waals surface area contributed by atoms with E-state index in [1.54, 1.807) is 6.92 Å². The van der Waals surface area contributed by atoms with Crippen LogP contribution in [0, 0.1) is 6.92 Å². The van der Waals surface area contributed by atoms with E-state index in [1.807, 2.05) is 0 Å². The van der Waals surface area contributed by atoms with Crippen LogP contribution in [0.3, 0.4) is 0 Å². The third-order valence-corrected chi connectivity index (χ3v) is 3.35. The highest BCUT2D eigenvalue weighted by molar-refractivity contribution is 7.15.